The van der Waals surface area contributed by atoms with Crippen molar-refractivity contribution >= 4 is 12.3 Å². The third-order valence-corrected chi connectivity index (χ3v) is 3.08. The Morgan fingerprint density at radius 2 is 1.90 bits per heavy atom. The summed E-state index contributed by atoms with van der Waals surface area (Å²) in [4.78, 5) is 5.28. The lowest BCUT2D eigenvalue weighted by molar-refractivity contribution is 0.132. The summed E-state index contributed by atoms with van der Waals surface area (Å²) in [6.45, 7) is 6.28. The predicted molar refractivity (Wildman–Crippen MR) is 83.7 cm³/mol. The normalized spacial score (nSPS) is 10.7. The number of nitrogens with zero attached hydrogens (tertiary/aromatic N) is 1. The standard InChI is InChI=1S/C18H18NO/c1-3-15-9-11-16(12-10-15)14-20-19-13-18-8-6-5-7-17(18)4-2/h3,5-12H,1,4,14H2,2H3. The summed E-state index contributed by atoms with van der Waals surface area (Å²) in [6, 6.07) is 16.1. The molecule has 2 heteroatoms. The van der Waals surface area contributed by atoms with E-state index in [1.165, 1.54) is 5.56 Å². The second-order valence-corrected chi connectivity index (χ2v) is 4.43. The lowest BCUT2D eigenvalue weighted by atomic mass is 10.1. The highest BCUT2D eigenvalue weighted by Gasteiger charge is 1.97. The first-order chi connectivity index (χ1) is 9.83. The molecule has 0 saturated heterocycles. The van der Waals surface area contributed by atoms with Crippen LogP contribution in [-0.4, -0.2) is 6.21 Å². The molecule has 0 bridgehead atoms. The van der Waals surface area contributed by atoms with E-state index in [4.69, 9.17) is 4.84 Å². The Morgan fingerprint density at radius 3 is 2.60 bits per heavy atom. The number of rotatable bonds is 6. The average molecular weight is 264 g/mol. The van der Waals surface area contributed by atoms with Crippen LogP contribution in [0.25, 0.3) is 6.08 Å². The van der Waals surface area contributed by atoms with E-state index in [-0.39, 0.29) is 0 Å². The van der Waals surface area contributed by atoms with Gasteiger partial charge >= 0.3 is 0 Å². The second-order valence-electron chi connectivity index (χ2n) is 4.43. The van der Waals surface area contributed by atoms with Gasteiger partial charge in [-0.1, -0.05) is 73.3 Å². The summed E-state index contributed by atoms with van der Waals surface area (Å²) >= 11 is 0. The van der Waals surface area contributed by atoms with Crippen molar-refractivity contribution in [2.75, 3.05) is 0 Å². The fraction of sp³-hybridized carbons (Fsp3) is 0.167. The summed E-state index contributed by atoms with van der Waals surface area (Å²) in [6.07, 6.45) is 5.72. The molecule has 0 heterocycles. The van der Waals surface area contributed by atoms with Gasteiger partial charge in [0.05, 0.1) is 0 Å². The van der Waals surface area contributed by atoms with Crippen LogP contribution >= 0.6 is 0 Å². The SMILES string of the molecule is C=Cc1ccc(CO/N=[C]\c2ccccc2CC)cc1. The highest BCUT2D eigenvalue weighted by atomic mass is 16.6. The predicted octanol–water partition coefficient (Wildman–Crippen LogP) is 4.32. The van der Waals surface area contributed by atoms with Crippen molar-refractivity contribution in [2.24, 2.45) is 5.16 Å². The van der Waals surface area contributed by atoms with Gasteiger partial charge in [-0.2, -0.15) is 0 Å². The summed E-state index contributed by atoms with van der Waals surface area (Å²) in [5.41, 5.74) is 4.37. The Morgan fingerprint density at radius 1 is 1.15 bits per heavy atom. The third-order valence-electron chi connectivity index (χ3n) is 3.08. The molecule has 0 spiro atoms. The maximum absolute atomic E-state index is 5.28. The van der Waals surface area contributed by atoms with Crippen LogP contribution in [0.2, 0.25) is 0 Å². The van der Waals surface area contributed by atoms with Crippen LogP contribution in [0.1, 0.15) is 29.2 Å². The molecule has 2 rings (SSSR count). The summed E-state index contributed by atoms with van der Waals surface area (Å²) in [5.74, 6) is 0. The van der Waals surface area contributed by atoms with Crippen molar-refractivity contribution in [3.8, 4) is 0 Å². The average Bonchev–Trinajstić information content (AvgIpc) is 2.52. The van der Waals surface area contributed by atoms with Gasteiger partial charge in [-0.3, -0.25) is 0 Å². The molecule has 20 heavy (non-hydrogen) atoms. The molecule has 2 nitrogen and oxygen atoms in total. The Balaban J connectivity index is 1.91. The first-order valence-corrected chi connectivity index (χ1v) is 6.70. The first kappa shape index (κ1) is 14.1. The minimum Gasteiger partial charge on any atom is -0.390 e. The number of hydrogen-bond acceptors (Lipinski definition) is 2. The molecule has 0 aliphatic rings. The Kier molecular flexibility index (Phi) is 5.13. The molecule has 101 valence electrons. The van der Waals surface area contributed by atoms with Crippen molar-refractivity contribution in [3.05, 3.63) is 77.4 Å². The van der Waals surface area contributed by atoms with E-state index in [1.54, 1.807) is 0 Å². The van der Waals surface area contributed by atoms with Gasteiger partial charge in [0.1, 0.15) is 12.8 Å². The summed E-state index contributed by atoms with van der Waals surface area (Å²) in [5, 5.41) is 3.92. The van der Waals surface area contributed by atoms with E-state index in [0.717, 1.165) is 23.1 Å². The number of benzene rings is 2. The lowest BCUT2D eigenvalue weighted by Gasteiger charge is -2.02. The van der Waals surface area contributed by atoms with Crippen molar-refractivity contribution in [2.45, 2.75) is 20.0 Å². The van der Waals surface area contributed by atoms with Crippen LogP contribution in [0.4, 0.5) is 0 Å². The van der Waals surface area contributed by atoms with Crippen LogP contribution in [0.15, 0.2) is 60.3 Å². The summed E-state index contributed by atoms with van der Waals surface area (Å²) in [7, 11) is 0. The van der Waals surface area contributed by atoms with E-state index in [9.17, 15) is 0 Å². The van der Waals surface area contributed by atoms with Gasteiger partial charge in [-0.25, -0.2) is 0 Å². The van der Waals surface area contributed by atoms with Gasteiger partial charge in [-0.15, -0.1) is 0 Å². The number of hydrogen-bond donors (Lipinski definition) is 0. The van der Waals surface area contributed by atoms with Crippen LogP contribution < -0.4 is 0 Å². The largest absolute Gasteiger partial charge is 0.390 e. The molecule has 0 N–H and O–H groups in total. The molecule has 2 aromatic rings. The minimum atomic E-state index is 0.443. The zero-order chi connectivity index (χ0) is 14.2. The molecule has 0 aliphatic carbocycles. The fourth-order valence-corrected chi connectivity index (χ4v) is 1.88. The molecule has 0 saturated carbocycles. The first-order valence-electron chi connectivity index (χ1n) is 6.70. The highest BCUT2D eigenvalue weighted by molar-refractivity contribution is 5.81. The second kappa shape index (κ2) is 7.29. The summed E-state index contributed by atoms with van der Waals surface area (Å²) < 4.78 is 0. The maximum atomic E-state index is 5.28. The molecule has 0 fully saturated rings. The quantitative estimate of drug-likeness (QED) is 0.562. The smallest absolute Gasteiger partial charge is 0.142 e. The minimum absolute atomic E-state index is 0.443. The van der Waals surface area contributed by atoms with Gasteiger partial charge in [0.15, 0.2) is 0 Å². The van der Waals surface area contributed by atoms with Crippen molar-refractivity contribution in [1.29, 1.82) is 0 Å². The molecule has 2 aromatic carbocycles. The topological polar surface area (TPSA) is 21.6 Å². The van der Waals surface area contributed by atoms with E-state index in [1.807, 2.05) is 48.5 Å². The molecular weight excluding hydrogens is 246 g/mol. The van der Waals surface area contributed by atoms with Gasteiger partial charge < -0.3 is 4.84 Å². The van der Waals surface area contributed by atoms with Gasteiger partial charge in [-0.05, 0) is 23.1 Å². The van der Waals surface area contributed by atoms with Crippen LogP contribution in [0.3, 0.4) is 0 Å². The van der Waals surface area contributed by atoms with E-state index in [2.05, 4.69) is 30.9 Å². The molecule has 0 aliphatic heterocycles. The maximum Gasteiger partial charge on any atom is 0.142 e. The zero-order valence-corrected chi connectivity index (χ0v) is 11.7. The lowest BCUT2D eigenvalue weighted by Crippen LogP contribution is -1.92. The van der Waals surface area contributed by atoms with Crippen molar-refractivity contribution in [3.63, 3.8) is 0 Å². The fourth-order valence-electron chi connectivity index (χ4n) is 1.88. The van der Waals surface area contributed by atoms with Crippen LogP contribution in [0.5, 0.6) is 0 Å². The monoisotopic (exact) mass is 264 g/mol. The van der Waals surface area contributed by atoms with Gasteiger partial charge in [0.2, 0.25) is 0 Å². The Bertz CT molecular complexity index is 585. The van der Waals surface area contributed by atoms with Crippen LogP contribution in [0, 0.1) is 0 Å². The third kappa shape index (κ3) is 3.82. The molecule has 0 amide bonds. The Labute approximate surface area is 120 Å². The van der Waals surface area contributed by atoms with E-state index < -0.39 is 0 Å². The van der Waals surface area contributed by atoms with Crippen LogP contribution in [-0.2, 0) is 17.9 Å². The van der Waals surface area contributed by atoms with E-state index in [0.29, 0.717) is 6.61 Å². The zero-order valence-electron chi connectivity index (χ0n) is 11.7. The van der Waals surface area contributed by atoms with Crippen molar-refractivity contribution in [1.82, 2.24) is 0 Å². The molecular formula is C18H18NO. The Hall–Kier alpha value is -2.35. The molecule has 0 atom stereocenters. The van der Waals surface area contributed by atoms with Gasteiger partial charge in [0, 0.05) is 5.56 Å². The van der Waals surface area contributed by atoms with Gasteiger partial charge in [0.25, 0.3) is 0 Å². The number of aryl methyl sites for hydroxylation is 1. The molecule has 0 unspecified atom stereocenters. The molecule has 0 aromatic heterocycles. The van der Waals surface area contributed by atoms with Crippen molar-refractivity contribution < 1.29 is 4.84 Å². The van der Waals surface area contributed by atoms with E-state index >= 15 is 0 Å². The highest BCUT2D eigenvalue weighted by Crippen LogP contribution is 2.08. The molecule has 1 radical (unpaired) electrons.